The van der Waals surface area contributed by atoms with Crippen LogP contribution in [0.2, 0.25) is 0 Å². The summed E-state index contributed by atoms with van der Waals surface area (Å²) in [5.41, 5.74) is 3.41. The predicted molar refractivity (Wildman–Crippen MR) is 121 cm³/mol. The molecule has 2 aromatic rings. The van der Waals surface area contributed by atoms with Crippen molar-refractivity contribution in [2.45, 2.75) is 45.2 Å². The summed E-state index contributed by atoms with van der Waals surface area (Å²) in [5.74, 6) is 0.592. The first-order valence-electron chi connectivity index (χ1n) is 11.0. The molecule has 0 fully saturated rings. The fraction of sp³-hybridized carbons (Fsp3) is 0.440. The minimum atomic E-state index is -0.156. The number of carbonyl (C=O) groups excluding carboxylic acids is 2. The lowest BCUT2D eigenvalue weighted by atomic mass is 9.94. The van der Waals surface area contributed by atoms with E-state index in [1.807, 2.05) is 24.3 Å². The number of nitrogens with zero attached hydrogens (tertiary/aromatic N) is 2. The summed E-state index contributed by atoms with van der Waals surface area (Å²) in [6.45, 7) is 7.75. The summed E-state index contributed by atoms with van der Waals surface area (Å²) >= 11 is 0. The molecule has 4 rings (SSSR count). The maximum atomic E-state index is 12.7. The van der Waals surface area contributed by atoms with Crippen LogP contribution in [0.5, 0.6) is 5.75 Å². The zero-order valence-electron chi connectivity index (χ0n) is 18.4. The molecule has 2 aromatic carbocycles. The average Bonchev–Trinajstić information content (AvgIpc) is 2.80. The third-order valence-electron chi connectivity index (χ3n) is 6.30. The maximum absolute atomic E-state index is 12.7. The van der Waals surface area contributed by atoms with Crippen LogP contribution in [0.15, 0.2) is 48.5 Å². The first kappa shape index (κ1) is 21.4. The fourth-order valence-electron chi connectivity index (χ4n) is 4.31. The van der Waals surface area contributed by atoms with E-state index in [0.717, 1.165) is 30.9 Å². The maximum Gasteiger partial charge on any atom is 0.227 e. The van der Waals surface area contributed by atoms with E-state index >= 15 is 0 Å². The molecule has 6 nitrogen and oxygen atoms in total. The van der Waals surface area contributed by atoms with Gasteiger partial charge in [-0.1, -0.05) is 36.4 Å². The highest BCUT2D eigenvalue weighted by atomic mass is 16.5. The van der Waals surface area contributed by atoms with Crippen LogP contribution in [0.4, 0.5) is 5.69 Å². The summed E-state index contributed by atoms with van der Waals surface area (Å²) in [7, 11) is 0. The lowest BCUT2D eigenvalue weighted by Gasteiger charge is -2.41. The highest BCUT2D eigenvalue weighted by Crippen LogP contribution is 2.31. The number of amides is 2. The number of ether oxygens (including phenoxy) is 1. The zero-order valence-corrected chi connectivity index (χ0v) is 18.4. The molecule has 0 atom stereocenters. The van der Waals surface area contributed by atoms with Crippen molar-refractivity contribution in [1.29, 1.82) is 0 Å². The summed E-state index contributed by atoms with van der Waals surface area (Å²) in [5, 5.41) is 3.05. The Morgan fingerprint density at radius 2 is 1.74 bits per heavy atom. The third-order valence-corrected chi connectivity index (χ3v) is 6.30. The van der Waals surface area contributed by atoms with Crippen molar-refractivity contribution in [3.05, 3.63) is 59.7 Å². The summed E-state index contributed by atoms with van der Waals surface area (Å²) in [6, 6.07) is 16.1. The van der Waals surface area contributed by atoms with Crippen molar-refractivity contribution in [2.24, 2.45) is 0 Å². The van der Waals surface area contributed by atoms with Gasteiger partial charge in [0.25, 0.3) is 0 Å². The number of anilines is 1. The molecule has 6 heteroatoms. The number of hydrogen-bond donors (Lipinski definition) is 1. The quantitative estimate of drug-likeness (QED) is 0.778. The van der Waals surface area contributed by atoms with Crippen molar-refractivity contribution >= 4 is 17.5 Å². The summed E-state index contributed by atoms with van der Waals surface area (Å²) in [4.78, 5) is 29.3. The van der Waals surface area contributed by atoms with Crippen molar-refractivity contribution in [2.75, 3.05) is 31.1 Å². The number of rotatable bonds is 6. The summed E-state index contributed by atoms with van der Waals surface area (Å²) < 4.78 is 5.61. The number of para-hydroxylation sites is 2. The van der Waals surface area contributed by atoms with Gasteiger partial charge < -0.3 is 15.0 Å². The van der Waals surface area contributed by atoms with E-state index in [2.05, 4.69) is 48.3 Å². The van der Waals surface area contributed by atoms with Crippen LogP contribution in [0.1, 0.15) is 37.8 Å². The van der Waals surface area contributed by atoms with Crippen molar-refractivity contribution in [3.8, 4) is 5.75 Å². The van der Waals surface area contributed by atoms with E-state index < -0.39 is 0 Å². The molecule has 0 bridgehead atoms. The molecule has 164 valence electrons. The third kappa shape index (κ3) is 4.90. The molecule has 31 heavy (non-hydrogen) atoms. The lowest BCUT2D eigenvalue weighted by molar-refractivity contribution is -0.125. The van der Waals surface area contributed by atoms with Gasteiger partial charge in [0, 0.05) is 38.0 Å². The molecule has 0 saturated heterocycles. The number of hydrogen-bond acceptors (Lipinski definition) is 4. The van der Waals surface area contributed by atoms with Crippen molar-refractivity contribution < 1.29 is 14.3 Å². The molecular formula is C25H31N3O3. The van der Waals surface area contributed by atoms with Crippen LogP contribution in [0.3, 0.4) is 0 Å². The van der Waals surface area contributed by atoms with Gasteiger partial charge in [-0.05, 0) is 43.5 Å². The van der Waals surface area contributed by atoms with E-state index in [1.165, 1.54) is 11.1 Å². The first-order valence-corrected chi connectivity index (χ1v) is 11.0. The molecule has 2 aliphatic heterocycles. The molecular weight excluding hydrogens is 390 g/mol. The highest BCUT2D eigenvalue weighted by Gasteiger charge is 2.30. The van der Waals surface area contributed by atoms with Gasteiger partial charge in [0.2, 0.25) is 11.8 Å². The van der Waals surface area contributed by atoms with E-state index in [-0.39, 0.29) is 30.2 Å². The minimum absolute atomic E-state index is 0.0437. The van der Waals surface area contributed by atoms with E-state index in [0.29, 0.717) is 19.7 Å². The molecule has 2 heterocycles. The largest absolute Gasteiger partial charge is 0.490 e. The van der Waals surface area contributed by atoms with Crippen molar-refractivity contribution in [1.82, 2.24) is 10.2 Å². The lowest BCUT2D eigenvalue weighted by Crippen LogP contribution is -2.53. The smallest absolute Gasteiger partial charge is 0.227 e. The first-order chi connectivity index (χ1) is 14.9. The zero-order chi connectivity index (χ0) is 21.8. The molecule has 0 spiro atoms. The SMILES string of the molecule is CC(C)(CNC(=O)CCC(=O)N1CCOc2ccccc21)N1CCc2ccccc2C1. The van der Waals surface area contributed by atoms with Gasteiger partial charge in [0.1, 0.15) is 12.4 Å². The Morgan fingerprint density at radius 1 is 1.00 bits per heavy atom. The van der Waals surface area contributed by atoms with Gasteiger partial charge in [-0.2, -0.15) is 0 Å². The normalized spacial score (nSPS) is 16.1. The Kier molecular flexibility index (Phi) is 6.28. The van der Waals surface area contributed by atoms with Crippen LogP contribution in [-0.4, -0.2) is 48.5 Å². The second kappa shape index (κ2) is 9.10. The minimum Gasteiger partial charge on any atom is -0.490 e. The number of fused-ring (bicyclic) bond motifs is 2. The average molecular weight is 422 g/mol. The van der Waals surface area contributed by atoms with Crippen molar-refractivity contribution in [3.63, 3.8) is 0 Å². The molecule has 0 aliphatic carbocycles. The van der Waals surface area contributed by atoms with Gasteiger partial charge in [-0.15, -0.1) is 0 Å². The standard InChI is InChI=1S/C25H31N3O3/c1-25(2,27-14-13-19-7-3-4-8-20(19)17-27)18-26-23(29)11-12-24(30)28-15-16-31-22-10-6-5-9-21(22)28/h3-10H,11-18H2,1-2H3,(H,26,29). The van der Waals surface area contributed by atoms with Gasteiger partial charge in [-0.25, -0.2) is 0 Å². The van der Waals surface area contributed by atoms with Gasteiger partial charge in [0.15, 0.2) is 0 Å². The second-order valence-corrected chi connectivity index (χ2v) is 8.89. The predicted octanol–water partition coefficient (Wildman–Crippen LogP) is 3.15. The molecule has 0 radical (unpaired) electrons. The van der Waals surface area contributed by atoms with E-state index in [1.54, 1.807) is 4.90 Å². The fourth-order valence-corrected chi connectivity index (χ4v) is 4.31. The Balaban J connectivity index is 1.26. The number of carbonyl (C=O) groups is 2. The van der Waals surface area contributed by atoms with Crippen LogP contribution >= 0.6 is 0 Å². The van der Waals surface area contributed by atoms with E-state index in [4.69, 9.17) is 4.74 Å². The molecule has 0 saturated carbocycles. The molecule has 2 aliphatic rings. The molecule has 0 unspecified atom stereocenters. The second-order valence-electron chi connectivity index (χ2n) is 8.89. The topological polar surface area (TPSA) is 61.9 Å². The van der Waals surface area contributed by atoms with Gasteiger partial charge in [-0.3, -0.25) is 14.5 Å². The van der Waals surface area contributed by atoms with Gasteiger partial charge in [0.05, 0.1) is 12.2 Å². The number of benzene rings is 2. The Bertz CT molecular complexity index is 957. The monoisotopic (exact) mass is 421 g/mol. The Labute approximate surface area is 184 Å². The molecule has 0 aromatic heterocycles. The van der Waals surface area contributed by atoms with Crippen LogP contribution < -0.4 is 15.0 Å². The van der Waals surface area contributed by atoms with E-state index in [9.17, 15) is 9.59 Å². The van der Waals surface area contributed by atoms with Crippen LogP contribution in [0.25, 0.3) is 0 Å². The number of nitrogens with one attached hydrogen (secondary N) is 1. The molecule has 1 N–H and O–H groups in total. The Morgan fingerprint density at radius 3 is 2.58 bits per heavy atom. The Hall–Kier alpha value is -2.86. The highest BCUT2D eigenvalue weighted by molar-refractivity contribution is 5.97. The van der Waals surface area contributed by atoms with Gasteiger partial charge >= 0.3 is 0 Å². The van der Waals surface area contributed by atoms with Crippen LogP contribution in [0, 0.1) is 0 Å². The molecule has 2 amide bonds. The summed E-state index contributed by atoms with van der Waals surface area (Å²) in [6.07, 6.45) is 1.41. The van der Waals surface area contributed by atoms with Crippen LogP contribution in [-0.2, 0) is 22.6 Å².